The van der Waals surface area contributed by atoms with Crippen molar-refractivity contribution in [1.82, 2.24) is 14.4 Å². The number of hydrogen-bond donors (Lipinski definition) is 0. The molecular formula is C23H32ClN3O3. The van der Waals surface area contributed by atoms with E-state index >= 15 is 0 Å². The van der Waals surface area contributed by atoms with Crippen molar-refractivity contribution in [2.75, 3.05) is 19.7 Å². The number of unbranched alkanes of at least 4 members (excludes halogenated alkanes) is 1. The van der Waals surface area contributed by atoms with Gasteiger partial charge in [-0.3, -0.25) is 9.59 Å². The highest BCUT2D eigenvalue weighted by molar-refractivity contribution is 6.30. The molecule has 0 atom stereocenters. The van der Waals surface area contributed by atoms with Gasteiger partial charge in [-0.05, 0) is 56.7 Å². The molecule has 0 N–H and O–H groups in total. The van der Waals surface area contributed by atoms with Crippen LogP contribution in [0.2, 0.25) is 5.02 Å². The molecule has 2 aromatic rings. The number of ether oxygens (including phenoxy) is 1. The van der Waals surface area contributed by atoms with E-state index in [4.69, 9.17) is 16.3 Å². The lowest BCUT2D eigenvalue weighted by atomic mass is 10.2. The summed E-state index contributed by atoms with van der Waals surface area (Å²) in [6.07, 6.45) is 3.89. The van der Waals surface area contributed by atoms with Gasteiger partial charge in [0.25, 0.3) is 5.91 Å². The second kappa shape index (κ2) is 11.6. The highest BCUT2D eigenvalue weighted by Gasteiger charge is 2.24. The fraction of sp³-hybridized carbons (Fsp3) is 0.478. The van der Waals surface area contributed by atoms with Crippen LogP contribution < -0.4 is 4.74 Å². The number of aromatic nitrogens is 1. The fourth-order valence-electron chi connectivity index (χ4n) is 3.06. The number of amides is 2. The first-order chi connectivity index (χ1) is 14.3. The molecule has 0 bridgehead atoms. The van der Waals surface area contributed by atoms with Crippen LogP contribution in [0.15, 0.2) is 42.6 Å². The Kier molecular flexibility index (Phi) is 9.24. The molecule has 0 fully saturated rings. The summed E-state index contributed by atoms with van der Waals surface area (Å²) in [5, 5.41) is 0.605. The van der Waals surface area contributed by atoms with Gasteiger partial charge in [-0.25, -0.2) is 0 Å². The molecule has 0 aliphatic rings. The van der Waals surface area contributed by atoms with Gasteiger partial charge in [-0.15, -0.1) is 0 Å². The summed E-state index contributed by atoms with van der Waals surface area (Å²) >= 11 is 5.88. The van der Waals surface area contributed by atoms with Crippen LogP contribution in [0.25, 0.3) is 0 Å². The lowest BCUT2D eigenvalue weighted by molar-refractivity contribution is -0.143. The van der Waals surface area contributed by atoms with Crippen LogP contribution in [0.5, 0.6) is 5.75 Å². The van der Waals surface area contributed by atoms with Crippen LogP contribution in [0.3, 0.4) is 0 Å². The molecule has 0 spiro atoms. The highest BCUT2D eigenvalue weighted by Crippen LogP contribution is 2.16. The second-order valence-electron chi connectivity index (χ2n) is 7.64. The van der Waals surface area contributed by atoms with Gasteiger partial charge in [0, 0.05) is 36.5 Å². The van der Waals surface area contributed by atoms with Crippen molar-refractivity contribution in [2.24, 2.45) is 7.05 Å². The maximum atomic E-state index is 13.1. The zero-order chi connectivity index (χ0) is 22.1. The third-order valence-corrected chi connectivity index (χ3v) is 5.22. The molecule has 1 aromatic heterocycles. The first kappa shape index (κ1) is 23.8. The van der Waals surface area contributed by atoms with E-state index in [1.54, 1.807) is 29.2 Å². The van der Waals surface area contributed by atoms with Crippen LogP contribution in [0.4, 0.5) is 0 Å². The van der Waals surface area contributed by atoms with Gasteiger partial charge in [-0.2, -0.15) is 0 Å². The zero-order valence-corrected chi connectivity index (χ0v) is 19.1. The number of aryl methyl sites for hydroxylation is 1. The van der Waals surface area contributed by atoms with E-state index in [1.807, 2.05) is 48.7 Å². The molecule has 0 radical (unpaired) electrons. The van der Waals surface area contributed by atoms with E-state index in [9.17, 15) is 9.59 Å². The summed E-state index contributed by atoms with van der Waals surface area (Å²) in [4.78, 5) is 29.3. The minimum absolute atomic E-state index is 0.0363. The summed E-state index contributed by atoms with van der Waals surface area (Å²) in [6.45, 7) is 7.02. The molecule has 2 rings (SSSR count). The lowest BCUT2D eigenvalue weighted by Crippen LogP contribution is -2.47. The number of benzene rings is 1. The van der Waals surface area contributed by atoms with E-state index in [2.05, 4.69) is 6.92 Å². The van der Waals surface area contributed by atoms with E-state index in [1.165, 1.54) is 0 Å². The summed E-state index contributed by atoms with van der Waals surface area (Å²) in [5.74, 6) is 0.289. The Morgan fingerprint density at radius 2 is 1.83 bits per heavy atom. The van der Waals surface area contributed by atoms with Crippen molar-refractivity contribution in [3.8, 4) is 5.75 Å². The molecule has 7 heteroatoms. The molecule has 1 aromatic carbocycles. The predicted molar refractivity (Wildman–Crippen MR) is 120 cm³/mol. The molecule has 0 saturated carbocycles. The number of carbonyl (C=O) groups is 2. The van der Waals surface area contributed by atoms with Crippen molar-refractivity contribution in [3.63, 3.8) is 0 Å². The molecule has 2 amide bonds. The standard InChI is InChI=1S/C23H32ClN3O3/c1-5-6-14-26(15-20-8-7-13-25(20)4)22(28)16-27(18(2)3)23(29)17-30-21-11-9-19(24)10-12-21/h7-13,18H,5-6,14-17H2,1-4H3. The minimum atomic E-state index is -0.220. The van der Waals surface area contributed by atoms with Crippen molar-refractivity contribution in [2.45, 2.75) is 46.2 Å². The molecule has 0 saturated heterocycles. The number of carbonyl (C=O) groups excluding carboxylic acids is 2. The van der Waals surface area contributed by atoms with Crippen LogP contribution in [-0.2, 0) is 23.2 Å². The van der Waals surface area contributed by atoms with Gasteiger partial charge < -0.3 is 19.1 Å². The maximum absolute atomic E-state index is 13.1. The van der Waals surface area contributed by atoms with Crippen LogP contribution in [0, 0.1) is 0 Å². The van der Waals surface area contributed by atoms with Crippen molar-refractivity contribution >= 4 is 23.4 Å². The quantitative estimate of drug-likeness (QED) is 0.535. The van der Waals surface area contributed by atoms with Gasteiger partial charge in [0.15, 0.2) is 6.61 Å². The van der Waals surface area contributed by atoms with Gasteiger partial charge >= 0.3 is 0 Å². The van der Waals surface area contributed by atoms with Gasteiger partial charge in [0.2, 0.25) is 5.91 Å². The van der Waals surface area contributed by atoms with Gasteiger partial charge in [-0.1, -0.05) is 24.9 Å². The Hall–Kier alpha value is -2.47. The van der Waals surface area contributed by atoms with E-state index in [0.29, 0.717) is 23.9 Å². The Balaban J connectivity index is 2.02. The third kappa shape index (κ3) is 7.10. The van der Waals surface area contributed by atoms with Crippen molar-refractivity contribution < 1.29 is 14.3 Å². The van der Waals surface area contributed by atoms with E-state index < -0.39 is 0 Å². The van der Waals surface area contributed by atoms with Crippen molar-refractivity contribution in [3.05, 3.63) is 53.3 Å². The minimum Gasteiger partial charge on any atom is -0.484 e. The summed E-state index contributed by atoms with van der Waals surface area (Å²) < 4.78 is 7.60. The number of rotatable bonds is 11. The fourth-order valence-corrected chi connectivity index (χ4v) is 3.19. The predicted octanol–water partition coefficient (Wildman–Crippen LogP) is 4.12. The first-order valence-electron chi connectivity index (χ1n) is 10.4. The normalized spacial score (nSPS) is 10.9. The van der Waals surface area contributed by atoms with E-state index in [0.717, 1.165) is 18.5 Å². The Morgan fingerprint density at radius 1 is 1.13 bits per heavy atom. The molecule has 1 heterocycles. The summed E-state index contributed by atoms with van der Waals surface area (Å²) in [5.41, 5.74) is 1.06. The monoisotopic (exact) mass is 433 g/mol. The van der Waals surface area contributed by atoms with Gasteiger partial charge in [0.05, 0.1) is 6.54 Å². The average molecular weight is 434 g/mol. The number of nitrogens with zero attached hydrogens (tertiary/aromatic N) is 3. The average Bonchev–Trinajstić information content (AvgIpc) is 3.12. The van der Waals surface area contributed by atoms with Crippen LogP contribution in [-0.4, -0.2) is 51.9 Å². The lowest BCUT2D eigenvalue weighted by Gasteiger charge is -2.30. The van der Waals surface area contributed by atoms with Crippen LogP contribution >= 0.6 is 11.6 Å². The molecule has 164 valence electrons. The molecule has 0 aliphatic heterocycles. The molecule has 0 unspecified atom stereocenters. The highest BCUT2D eigenvalue weighted by atomic mass is 35.5. The maximum Gasteiger partial charge on any atom is 0.261 e. The third-order valence-electron chi connectivity index (χ3n) is 4.96. The number of halogens is 1. The zero-order valence-electron chi connectivity index (χ0n) is 18.3. The summed E-state index contributed by atoms with van der Waals surface area (Å²) in [7, 11) is 1.97. The SMILES string of the molecule is CCCCN(Cc1cccn1C)C(=O)CN(C(=O)COc1ccc(Cl)cc1)C(C)C. The molecular weight excluding hydrogens is 402 g/mol. The molecule has 30 heavy (non-hydrogen) atoms. The first-order valence-corrected chi connectivity index (χ1v) is 10.8. The van der Waals surface area contributed by atoms with Crippen molar-refractivity contribution in [1.29, 1.82) is 0 Å². The topological polar surface area (TPSA) is 54.8 Å². The number of hydrogen-bond acceptors (Lipinski definition) is 3. The largest absolute Gasteiger partial charge is 0.484 e. The van der Waals surface area contributed by atoms with E-state index in [-0.39, 0.29) is 31.0 Å². The van der Waals surface area contributed by atoms with Gasteiger partial charge in [0.1, 0.15) is 12.3 Å². The summed E-state index contributed by atoms with van der Waals surface area (Å²) in [6, 6.07) is 10.7. The Morgan fingerprint density at radius 3 is 2.40 bits per heavy atom. The Labute approximate surface area is 184 Å². The molecule has 0 aliphatic carbocycles. The molecule has 6 nitrogen and oxygen atoms in total. The Bertz CT molecular complexity index is 817. The van der Waals surface area contributed by atoms with Crippen LogP contribution in [0.1, 0.15) is 39.3 Å². The second-order valence-corrected chi connectivity index (χ2v) is 8.07. The smallest absolute Gasteiger partial charge is 0.261 e.